The van der Waals surface area contributed by atoms with Crippen LogP contribution in [0.5, 0.6) is 28.7 Å². The van der Waals surface area contributed by atoms with Crippen LogP contribution in [-0.2, 0) is 38.1 Å². The summed E-state index contributed by atoms with van der Waals surface area (Å²) in [6.45, 7) is -0.819. The van der Waals surface area contributed by atoms with Crippen molar-refractivity contribution < 1.29 is 83.7 Å². The minimum atomic E-state index is -2.03. The lowest BCUT2D eigenvalue weighted by Gasteiger charge is -2.42. The number of aliphatic hydroxyl groups is 2. The van der Waals surface area contributed by atoms with Crippen LogP contribution >= 0.6 is 0 Å². The van der Waals surface area contributed by atoms with E-state index in [0.717, 1.165) is 24.3 Å². The molecular formula is C27H26O17. The minimum absolute atomic E-state index is 0.00836. The van der Waals surface area contributed by atoms with Crippen molar-refractivity contribution in [2.24, 2.45) is 0 Å². The molecule has 1 unspecified atom stereocenters. The number of phenols is 4. The molecule has 0 aromatic heterocycles. The predicted molar refractivity (Wildman–Crippen MR) is 138 cm³/mol. The molecule has 44 heavy (non-hydrogen) atoms. The molecule has 0 radical (unpaired) electrons. The maximum Gasteiger partial charge on any atom is 0.317 e. The van der Waals surface area contributed by atoms with Gasteiger partial charge in [-0.15, -0.1) is 0 Å². The quantitative estimate of drug-likeness (QED) is 0.0971. The molecule has 1 fully saturated rings. The van der Waals surface area contributed by atoms with Crippen molar-refractivity contribution in [2.45, 2.75) is 49.7 Å². The van der Waals surface area contributed by atoms with E-state index < -0.39 is 97.4 Å². The average Bonchev–Trinajstić information content (AvgIpc) is 2.92. The molecule has 2 aromatic rings. The molecule has 236 valence electrons. The zero-order chi connectivity index (χ0) is 32.3. The van der Waals surface area contributed by atoms with Crippen LogP contribution in [0.15, 0.2) is 36.1 Å². The Kier molecular flexibility index (Phi) is 9.32. The zero-order valence-corrected chi connectivity index (χ0v) is 22.3. The number of fused-ring (bicyclic) bond motifs is 1. The van der Waals surface area contributed by atoms with Gasteiger partial charge in [0.05, 0.1) is 5.56 Å². The number of carbonyl (C=O) groups is 4. The highest BCUT2D eigenvalue weighted by molar-refractivity contribution is 5.90. The Bertz CT molecular complexity index is 1480. The highest BCUT2D eigenvalue weighted by Crippen LogP contribution is 2.45. The Morgan fingerprint density at radius 1 is 0.818 bits per heavy atom. The normalized spacial score (nSPS) is 24.2. The third kappa shape index (κ3) is 7.20. The van der Waals surface area contributed by atoms with E-state index in [2.05, 4.69) is 0 Å². The van der Waals surface area contributed by atoms with Gasteiger partial charge in [0.2, 0.25) is 6.29 Å². The van der Waals surface area contributed by atoms with Gasteiger partial charge in [-0.2, -0.15) is 0 Å². The molecule has 1 saturated heterocycles. The number of aliphatic carboxylic acids is 2. The molecule has 0 spiro atoms. The van der Waals surface area contributed by atoms with Gasteiger partial charge in [-0.25, -0.2) is 0 Å². The number of hydrogen-bond donors (Lipinski definition) is 8. The molecule has 6 atom stereocenters. The molecule has 4 rings (SSSR count). The topological polar surface area (TPSA) is 276 Å². The molecule has 0 bridgehead atoms. The molecule has 2 heterocycles. The molecule has 2 aliphatic heterocycles. The lowest BCUT2D eigenvalue weighted by atomic mass is 9.98. The van der Waals surface area contributed by atoms with Gasteiger partial charge in [0.15, 0.2) is 29.8 Å². The second-order valence-corrected chi connectivity index (χ2v) is 9.59. The molecule has 8 N–H and O–H groups in total. The number of aromatic hydroxyl groups is 4. The summed E-state index contributed by atoms with van der Waals surface area (Å²) in [6, 6.07) is 5.71. The van der Waals surface area contributed by atoms with Crippen LogP contribution in [0.3, 0.4) is 0 Å². The summed E-state index contributed by atoms with van der Waals surface area (Å²) < 4.78 is 27.1. The first-order valence-corrected chi connectivity index (χ1v) is 12.7. The van der Waals surface area contributed by atoms with Crippen molar-refractivity contribution in [2.75, 3.05) is 6.61 Å². The molecule has 17 nitrogen and oxygen atoms in total. The number of rotatable bonds is 10. The van der Waals surface area contributed by atoms with Crippen molar-refractivity contribution in [1.82, 2.24) is 0 Å². The van der Waals surface area contributed by atoms with Crippen LogP contribution in [0.1, 0.15) is 30.1 Å². The molecular weight excluding hydrogens is 596 g/mol. The lowest BCUT2D eigenvalue weighted by Crippen LogP contribution is -2.60. The fraction of sp³-hybridized carbons (Fsp3) is 0.333. The van der Waals surface area contributed by atoms with Gasteiger partial charge < -0.3 is 64.5 Å². The first-order chi connectivity index (χ1) is 20.7. The second-order valence-electron chi connectivity index (χ2n) is 9.59. The van der Waals surface area contributed by atoms with Crippen molar-refractivity contribution in [1.29, 1.82) is 0 Å². The van der Waals surface area contributed by atoms with Crippen LogP contribution in [0.25, 0.3) is 6.08 Å². The monoisotopic (exact) mass is 622 g/mol. The number of hydrogen-bond acceptors (Lipinski definition) is 15. The Morgan fingerprint density at radius 2 is 1.50 bits per heavy atom. The number of carboxylic acid groups (broad SMARTS) is 2. The summed E-state index contributed by atoms with van der Waals surface area (Å²) in [4.78, 5) is 45.7. The van der Waals surface area contributed by atoms with Gasteiger partial charge in [-0.05, 0) is 18.2 Å². The number of phenolic OH excluding ortho intramolecular Hbond substituents is 4. The van der Waals surface area contributed by atoms with E-state index in [1.807, 2.05) is 0 Å². The van der Waals surface area contributed by atoms with E-state index in [1.54, 1.807) is 0 Å². The van der Waals surface area contributed by atoms with E-state index in [0.29, 0.717) is 0 Å². The van der Waals surface area contributed by atoms with Crippen molar-refractivity contribution in [3.63, 3.8) is 0 Å². The predicted octanol–water partition coefficient (Wildman–Crippen LogP) is -0.149. The summed E-state index contributed by atoms with van der Waals surface area (Å²) >= 11 is 0. The highest BCUT2D eigenvalue weighted by Gasteiger charge is 2.49. The molecule has 0 aliphatic carbocycles. The number of carboxylic acids is 2. The van der Waals surface area contributed by atoms with Gasteiger partial charge in [0.25, 0.3) is 0 Å². The first-order valence-electron chi connectivity index (χ1n) is 12.7. The fourth-order valence-electron chi connectivity index (χ4n) is 4.35. The standard InChI is InChI=1S/C27H26O17/c28-11-4-14(30)12-6-17(25(41-16(12)5-11)10-1-2-13(29)15(31)3-10)42-27-24(39)26(44-22(37)8-20(34)35)23(38)18(43-27)9-40-21(36)7-19(32)33/h1-6,18,23-31,38-39H,7-9H2,(H,32,33)(H,34,35)/t18-,23-,24-,25?,26+,27-/m1/s1. The maximum absolute atomic E-state index is 12.1. The number of benzene rings is 2. The zero-order valence-electron chi connectivity index (χ0n) is 22.3. The summed E-state index contributed by atoms with van der Waals surface area (Å²) in [6.07, 6.45) is -11.7. The molecule has 17 heteroatoms. The van der Waals surface area contributed by atoms with Gasteiger partial charge in [0.1, 0.15) is 54.7 Å². The Morgan fingerprint density at radius 3 is 2.16 bits per heavy atom. The third-order valence-corrected chi connectivity index (χ3v) is 6.36. The SMILES string of the molecule is O=C(O)CC(=O)OC[C@H]1O[C@@H](OC2=Cc3c(O)cc(O)cc3OC2c2ccc(O)c(O)c2)[C@H](O)[C@@H](OC(=O)CC(=O)O)[C@@H]1O. The van der Waals surface area contributed by atoms with Gasteiger partial charge in [-0.3, -0.25) is 19.2 Å². The van der Waals surface area contributed by atoms with Gasteiger partial charge in [0, 0.05) is 17.7 Å². The minimum Gasteiger partial charge on any atom is -0.508 e. The van der Waals surface area contributed by atoms with E-state index in [-0.39, 0.29) is 28.4 Å². The average molecular weight is 622 g/mol. The molecule has 2 aliphatic rings. The van der Waals surface area contributed by atoms with Crippen LogP contribution < -0.4 is 4.74 Å². The number of ether oxygens (including phenoxy) is 5. The number of carbonyl (C=O) groups excluding carboxylic acids is 2. The molecule has 0 amide bonds. The van der Waals surface area contributed by atoms with Crippen molar-refractivity contribution in [3.05, 3.63) is 47.2 Å². The third-order valence-electron chi connectivity index (χ3n) is 6.36. The number of aliphatic hydroxyl groups excluding tert-OH is 2. The summed E-state index contributed by atoms with van der Waals surface area (Å²) in [5.74, 6) is -7.80. The van der Waals surface area contributed by atoms with E-state index >= 15 is 0 Å². The van der Waals surface area contributed by atoms with E-state index in [9.17, 15) is 49.8 Å². The van der Waals surface area contributed by atoms with Crippen molar-refractivity contribution >= 4 is 30.0 Å². The maximum atomic E-state index is 12.1. The first kappa shape index (κ1) is 31.7. The highest BCUT2D eigenvalue weighted by atomic mass is 16.7. The van der Waals surface area contributed by atoms with Crippen LogP contribution in [0.4, 0.5) is 0 Å². The van der Waals surface area contributed by atoms with Crippen molar-refractivity contribution in [3.8, 4) is 28.7 Å². The summed E-state index contributed by atoms with van der Waals surface area (Å²) in [5.41, 5.74) is 0.139. The summed E-state index contributed by atoms with van der Waals surface area (Å²) in [7, 11) is 0. The molecule has 0 saturated carbocycles. The van der Waals surface area contributed by atoms with Gasteiger partial charge in [-0.1, -0.05) is 6.07 Å². The van der Waals surface area contributed by atoms with E-state index in [1.165, 1.54) is 12.1 Å². The van der Waals surface area contributed by atoms with Crippen LogP contribution in [0, 0.1) is 0 Å². The molecule has 2 aromatic carbocycles. The smallest absolute Gasteiger partial charge is 0.317 e. The fourth-order valence-corrected chi connectivity index (χ4v) is 4.35. The summed E-state index contributed by atoms with van der Waals surface area (Å²) in [5, 5.41) is 79.6. The second kappa shape index (κ2) is 12.9. The lowest BCUT2D eigenvalue weighted by molar-refractivity contribution is -0.297. The Balaban J connectivity index is 1.69. The Labute approximate surface area is 246 Å². The largest absolute Gasteiger partial charge is 0.508 e. The van der Waals surface area contributed by atoms with Gasteiger partial charge >= 0.3 is 23.9 Å². The van der Waals surface area contributed by atoms with Crippen LogP contribution in [0.2, 0.25) is 0 Å². The Hall–Kier alpha value is -5.26. The number of esters is 2. The van der Waals surface area contributed by atoms with Crippen LogP contribution in [-0.4, -0.2) is 102 Å². The van der Waals surface area contributed by atoms with E-state index in [4.69, 9.17) is 33.9 Å².